The summed E-state index contributed by atoms with van der Waals surface area (Å²) in [5, 5.41) is 59.1. The quantitative estimate of drug-likeness (QED) is 0.248. The van der Waals surface area contributed by atoms with Crippen LogP contribution in [-0.4, -0.2) is 85.2 Å². The third-order valence-corrected chi connectivity index (χ3v) is 3.38. The van der Waals surface area contributed by atoms with E-state index in [9.17, 15) is 20.4 Å². The van der Waals surface area contributed by atoms with E-state index in [4.69, 9.17) is 10.2 Å². The number of aliphatic hydroxyl groups excluding tert-OH is 6. The van der Waals surface area contributed by atoms with Crippen molar-refractivity contribution in [2.45, 2.75) is 36.9 Å². The molecule has 0 amide bonds. The van der Waals surface area contributed by atoms with E-state index in [1.54, 1.807) is 7.05 Å². The van der Waals surface area contributed by atoms with Crippen LogP contribution in [0.1, 0.15) is 17.5 Å². The molecule has 9 heteroatoms. The molecule has 0 unspecified atom stereocenters. The van der Waals surface area contributed by atoms with Gasteiger partial charge in [0.05, 0.1) is 42.9 Å². The molecule has 1 aromatic rings. The lowest BCUT2D eigenvalue weighted by molar-refractivity contribution is -0.0790. The molecule has 1 rings (SSSR count). The van der Waals surface area contributed by atoms with E-state index in [0.717, 1.165) is 0 Å². The van der Waals surface area contributed by atoms with E-state index in [0.29, 0.717) is 5.69 Å². The van der Waals surface area contributed by atoms with E-state index in [1.165, 1.54) is 12.4 Å². The smallest absolute Gasteiger partial charge is 0.126 e. The minimum atomic E-state index is -1.58. The van der Waals surface area contributed by atoms with Crippen LogP contribution < -0.4 is 5.32 Å². The van der Waals surface area contributed by atoms with Gasteiger partial charge in [-0.05, 0) is 7.05 Å². The summed E-state index contributed by atoms with van der Waals surface area (Å²) in [6.07, 6.45) is -2.73. The molecule has 0 saturated heterocycles. The Kier molecular flexibility index (Phi) is 7.76. The van der Waals surface area contributed by atoms with Crippen LogP contribution in [0.2, 0.25) is 0 Å². The second-order valence-corrected chi connectivity index (χ2v) is 4.97. The lowest BCUT2D eigenvalue weighted by Gasteiger charge is -2.21. The Balaban J connectivity index is 2.70. The molecule has 0 aliphatic heterocycles. The molecule has 0 aliphatic carbocycles. The van der Waals surface area contributed by atoms with Crippen molar-refractivity contribution in [3.63, 3.8) is 0 Å². The maximum Gasteiger partial charge on any atom is 0.126 e. The molecular formula is C13H23N3O6. The molecule has 1 aromatic heterocycles. The molecule has 0 saturated carbocycles. The summed E-state index contributed by atoms with van der Waals surface area (Å²) < 4.78 is 0. The van der Waals surface area contributed by atoms with Crippen molar-refractivity contribution >= 4 is 0 Å². The van der Waals surface area contributed by atoms with Crippen LogP contribution in [0.4, 0.5) is 0 Å². The van der Waals surface area contributed by atoms with E-state index in [2.05, 4.69) is 15.3 Å². The van der Waals surface area contributed by atoms with Crippen LogP contribution in [-0.2, 0) is 6.42 Å². The minimum Gasteiger partial charge on any atom is -0.395 e. The van der Waals surface area contributed by atoms with Crippen molar-refractivity contribution in [2.75, 3.05) is 20.3 Å². The standard InChI is InChI=1S/C13H23N3O6/c1-14-9(5-17)10(19)2-7-3-16-8(4-15-7)12(21)13(22)11(20)6-18/h3-4,9-14,17-22H,2,5-6H2,1H3/t9-,10-,11-,12-,13-/m1/s1. The lowest BCUT2D eigenvalue weighted by atomic mass is 10.1. The summed E-state index contributed by atoms with van der Waals surface area (Å²) in [4.78, 5) is 7.93. The number of nitrogens with zero attached hydrogens (tertiary/aromatic N) is 2. The number of hydrogen-bond donors (Lipinski definition) is 7. The molecule has 0 aliphatic rings. The zero-order valence-corrected chi connectivity index (χ0v) is 12.2. The Morgan fingerprint density at radius 3 is 2.14 bits per heavy atom. The normalized spacial score (nSPS) is 18.5. The van der Waals surface area contributed by atoms with Gasteiger partial charge < -0.3 is 36.0 Å². The van der Waals surface area contributed by atoms with Gasteiger partial charge in [-0.2, -0.15) is 0 Å². The average Bonchev–Trinajstić information content (AvgIpc) is 2.54. The monoisotopic (exact) mass is 317 g/mol. The predicted molar refractivity (Wildman–Crippen MR) is 75.7 cm³/mol. The van der Waals surface area contributed by atoms with Crippen molar-refractivity contribution in [2.24, 2.45) is 0 Å². The Bertz CT molecular complexity index is 428. The first-order valence-electron chi connectivity index (χ1n) is 6.86. The second kappa shape index (κ2) is 9.06. The average molecular weight is 317 g/mol. The zero-order valence-electron chi connectivity index (χ0n) is 12.2. The summed E-state index contributed by atoms with van der Waals surface area (Å²) in [6, 6.07) is -0.492. The van der Waals surface area contributed by atoms with Gasteiger partial charge in [0, 0.05) is 12.6 Å². The third kappa shape index (κ3) is 4.92. The third-order valence-electron chi connectivity index (χ3n) is 3.38. The molecule has 0 bridgehead atoms. The fraction of sp³-hybridized carbons (Fsp3) is 0.692. The van der Waals surface area contributed by atoms with Gasteiger partial charge in [-0.3, -0.25) is 9.97 Å². The van der Waals surface area contributed by atoms with Crippen LogP contribution in [0, 0.1) is 0 Å². The number of aliphatic hydroxyl groups is 6. The van der Waals surface area contributed by atoms with E-state index < -0.39 is 37.1 Å². The van der Waals surface area contributed by atoms with Crippen molar-refractivity contribution in [3.8, 4) is 0 Å². The second-order valence-electron chi connectivity index (χ2n) is 4.97. The van der Waals surface area contributed by atoms with Gasteiger partial charge in [0.25, 0.3) is 0 Å². The molecule has 22 heavy (non-hydrogen) atoms. The fourth-order valence-corrected chi connectivity index (χ4v) is 1.88. The first-order chi connectivity index (χ1) is 10.4. The molecular weight excluding hydrogens is 294 g/mol. The van der Waals surface area contributed by atoms with Crippen LogP contribution >= 0.6 is 0 Å². The highest BCUT2D eigenvalue weighted by molar-refractivity contribution is 5.08. The Morgan fingerprint density at radius 2 is 1.68 bits per heavy atom. The minimum absolute atomic E-state index is 0.0329. The fourth-order valence-electron chi connectivity index (χ4n) is 1.88. The van der Waals surface area contributed by atoms with Gasteiger partial charge in [0.15, 0.2) is 0 Å². The molecule has 9 nitrogen and oxygen atoms in total. The van der Waals surface area contributed by atoms with Gasteiger partial charge in [0.1, 0.15) is 18.3 Å². The van der Waals surface area contributed by atoms with E-state index >= 15 is 0 Å². The molecule has 0 fully saturated rings. The SMILES string of the molecule is CN[C@H](CO)[C@H](O)Cc1cnc([C@@H](O)[C@H](O)[C@H](O)CO)cn1. The molecule has 0 radical (unpaired) electrons. The highest BCUT2D eigenvalue weighted by Gasteiger charge is 2.27. The molecule has 5 atom stereocenters. The molecule has 0 aromatic carbocycles. The zero-order chi connectivity index (χ0) is 16.7. The molecule has 7 N–H and O–H groups in total. The van der Waals surface area contributed by atoms with E-state index in [1.807, 2.05) is 0 Å². The molecule has 1 heterocycles. The Labute approximate surface area is 127 Å². The summed E-state index contributed by atoms with van der Waals surface area (Å²) in [5.41, 5.74) is 0.472. The first-order valence-corrected chi connectivity index (χ1v) is 6.86. The van der Waals surface area contributed by atoms with Gasteiger partial charge in [0.2, 0.25) is 0 Å². The van der Waals surface area contributed by atoms with Crippen molar-refractivity contribution in [1.29, 1.82) is 0 Å². The number of aromatic nitrogens is 2. The molecule has 126 valence electrons. The Morgan fingerprint density at radius 1 is 1.00 bits per heavy atom. The van der Waals surface area contributed by atoms with Crippen LogP contribution in [0.3, 0.4) is 0 Å². The van der Waals surface area contributed by atoms with Crippen molar-refractivity contribution in [3.05, 3.63) is 23.8 Å². The predicted octanol–water partition coefficient (Wildman–Crippen LogP) is -3.29. The lowest BCUT2D eigenvalue weighted by Crippen LogP contribution is -2.41. The van der Waals surface area contributed by atoms with Gasteiger partial charge in [-0.1, -0.05) is 0 Å². The summed E-state index contributed by atoms with van der Waals surface area (Å²) in [7, 11) is 1.61. The summed E-state index contributed by atoms with van der Waals surface area (Å²) in [6.45, 7) is -0.921. The van der Waals surface area contributed by atoms with Gasteiger partial charge >= 0.3 is 0 Å². The van der Waals surface area contributed by atoms with Gasteiger partial charge in [-0.25, -0.2) is 0 Å². The van der Waals surface area contributed by atoms with Gasteiger partial charge in [-0.15, -0.1) is 0 Å². The van der Waals surface area contributed by atoms with Crippen LogP contribution in [0.15, 0.2) is 12.4 Å². The number of likely N-dealkylation sites (N-methyl/N-ethyl adjacent to an activating group) is 1. The largest absolute Gasteiger partial charge is 0.395 e. The maximum absolute atomic E-state index is 9.89. The highest BCUT2D eigenvalue weighted by Crippen LogP contribution is 2.16. The molecule has 0 spiro atoms. The number of nitrogens with one attached hydrogen (secondary N) is 1. The van der Waals surface area contributed by atoms with Crippen LogP contribution in [0.5, 0.6) is 0 Å². The number of rotatable bonds is 9. The summed E-state index contributed by atoms with van der Waals surface area (Å²) >= 11 is 0. The maximum atomic E-state index is 9.89. The van der Waals surface area contributed by atoms with E-state index in [-0.39, 0.29) is 18.7 Å². The topological polar surface area (TPSA) is 159 Å². The van der Waals surface area contributed by atoms with Crippen molar-refractivity contribution < 1.29 is 30.6 Å². The summed E-state index contributed by atoms with van der Waals surface area (Å²) in [5.74, 6) is 0. The Hall–Kier alpha value is -1.20. The van der Waals surface area contributed by atoms with Crippen LogP contribution in [0.25, 0.3) is 0 Å². The highest BCUT2D eigenvalue weighted by atomic mass is 16.4. The number of hydrogen-bond acceptors (Lipinski definition) is 9. The first kappa shape index (κ1) is 18.8. The van der Waals surface area contributed by atoms with Crippen molar-refractivity contribution in [1.82, 2.24) is 15.3 Å².